The molecule has 23 heavy (non-hydrogen) atoms. The van der Waals surface area contributed by atoms with Gasteiger partial charge in [-0.1, -0.05) is 35.5 Å². The molecule has 2 aromatic rings. The number of aromatic nitrogens is 3. The van der Waals surface area contributed by atoms with Crippen LogP contribution in [0.1, 0.15) is 30.9 Å². The average molecular weight is 347 g/mol. The van der Waals surface area contributed by atoms with Gasteiger partial charge in [0.05, 0.1) is 0 Å². The van der Waals surface area contributed by atoms with Crippen LogP contribution in [0, 0.1) is 0 Å². The van der Waals surface area contributed by atoms with Crippen LogP contribution in [0.15, 0.2) is 40.7 Å². The second kappa shape index (κ2) is 5.69. The Hall–Kier alpha value is -1.79. The van der Waals surface area contributed by atoms with Crippen molar-refractivity contribution in [3.8, 4) is 0 Å². The van der Waals surface area contributed by atoms with E-state index < -0.39 is 0 Å². The standard InChI is InChI=1S/C16H15ClN4OS/c1-23-16-19-15-18-11-6-3-7-12(22)13(11)14(21(15)20-16)9-4-2-5-10(17)8-9/h2,4-5,8,14H,3,6-7H2,1H3,(H,18,19,20)/t14-/m0/s1. The summed E-state index contributed by atoms with van der Waals surface area (Å²) in [5.74, 6) is 0.864. The number of nitrogens with zero attached hydrogens (tertiary/aromatic N) is 3. The van der Waals surface area contributed by atoms with E-state index in [4.69, 9.17) is 11.6 Å². The Morgan fingerprint density at radius 2 is 2.26 bits per heavy atom. The summed E-state index contributed by atoms with van der Waals surface area (Å²) >= 11 is 7.65. The zero-order chi connectivity index (χ0) is 16.0. The highest BCUT2D eigenvalue weighted by molar-refractivity contribution is 7.98. The molecule has 2 heterocycles. The third-order valence-corrected chi connectivity index (χ3v) is 4.97. The number of rotatable bonds is 2. The first-order chi connectivity index (χ1) is 11.2. The highest BCUT2D eigenvalue weighted by atomic mass is 35.5. The van der Waals surface area contributed by atoms with Gasteiger partial charge in [-0.25, -0.2) is 4.68 Å². The van der Waals surface area contributed by atoms with Crippen molar-refractivity contribution in [1.29, 1.82) is 0 Å². The summed E-state index contributed by atoms with van der Waals surface area (Å²) in [4.78, 5) is 17.1. The Bertz CT molecular complexity index is 829. The topological polar surface area (TPSA) is 59.8 Å². The lowest BCUT2D eigenvalue weighted by molar-refractivity contribution is -0.116. The Morgan fingerprint density at radius 1 is 1.39 bits per heavy atom. The van der Waals surface area contributed by atoms with Gasteiger partial charge in [-0.3, -0.25) is 4.79 Å². The minimum Gasteiger partial charge on any atom is -0.328 e. The maximum Gasteiger partial charge on any atom is 0.227 e. The van der Waals surface area contributed by atoms with Gasteiger partial charge in [0.1, 0.15) is 6.04 Å². The number of carbonyl (C=O) groups excluding carboxylic acids is 1. The molecule has 0 spiro atoms. The molecule has 0 fully saturated rings. The number of anilines is 1. The smallest absolute Gasteiger partial charge is 0.227 e. The molecule has 1 aromatic carbocycles. The third kappa shape index (κ3) is 2.46. The molecule has 0 saturated heterocycles. The average Bonchev–Trinajstić information content (AvgIpc) is 2.96. The number of thioether (sulfide) groups is 1. The van der Waals surface area contributed by atoms with Crippen molar-refractivity contribution in [3.63, 3.8) is 0 Å². The molecular weight excluding hydrogens is 332 g/mol. The first-order valence-corrected chi connectivity index (χ1v) is 9.07. The minimum atomic E-state index is -0.263. The van der Waals surface area contributed by atoms with Crippen molar-refractivity contribution in [2.75, 3.05) is 11.6 Å². The van der Waals surface area contributed by atoms with Gasteiger partial charge in [0.2, 0.25) is 11.1 Å². The van der Waals surface area contributed by atoms with Crippen LogP contribution >= 0.6 is 23.4 Å². The summed E-state index contributed by atoms with van der Waals surface area (Å²) in [7, 11) is 0. The number of hydrogen-bond donors (Lipinski definition) is 1. The van der Waals surface area contributed by atoms with Crippen molar-refractivity contribution in [2.24, 2.45) is 0 Å². The lowest BCUT2D eigenvalue weighted by Crippen LogP contribution is -2.31. The normalized spacial score (nSPS) is 20.1. The fourth-order valence-electron chi connectivity index (χ4n) is 3.21. The highest BCUT2D eigenvalue weighted by Gasteiger charge is 2.36. The minimum absolute atomic E-state index is 0.176. The summed E-state index contributed by atoms with van der Waals surface area (Å²) in [5, 5.41) is 9.20. The van der Waals surface area contributed by atoms with Gasteiger partial charge >= 0.3 is 0 Å². The van der Waals surface area contributed by atoms with Gasteiger partial charge in [-0.05, 0) is 36.8 Å². The molecule has 1 aromatic heterocycles. The molecule has 0 radical (unpaired) electrons. The van der Waals surface area contributed by atoms with Crippen molar-refractivity contribution in [1.82, 2.24) is 14.8 Å². The quantitative estimate of drug-likeness (QED) is 0.840. The van der Waals surface area contributed by atoms with Gasteiger partial charge in [0, 0.05) is 22.7 Å². The van der Waals surface area contributed by atoms with E-state index in [2.05, 4.69) is 15.4 Å². The molecule has 118 valence electrons. The molecule has 0 saturated carbocycles. The number of nitrogens with one attached hydrogen (secondary N) is 1. The summed E-state index contributed by atoms with van der Waals surface area (Å²) in [5.41, 5.74) is 2.72. The van der Waals surface area contributed by atoms with Crippen molar-refractivity contribution >= 4 is 35.1 Å². The van der Waals surface area contributed by atoms with Crippen LogP contribution in [-0.2, 0) is 4.79 Å². The SMILES string of the molecule is CSc1nc2n(n1)[C@@H](c1cccc(Cl)c1)C1=C(CCCC1=O)N2. The molecule has 4 rings (SSSR count). The van der Waals surface area contributed by atoms with Crippen molar-refractivity contribution in [3.05, 3.63) is 46.1 Å². The second-order valence-electron chi connectivity index (χ2n) is 5.62. The van der Waals surface area contributed by atoms with Crippen molar-refractivity contribution in [2.45, 2.75) is 30.5 Å². The molecule has 1 N–H and O–H groups in total. The van der Waals surface area contributed by atoms with Gasteiger partial charge in [-0.15, -0.1) is 5.10 Å². The van der Waals surface area contributed by atoms with Crippen LogP contribution in [0.25, 0.3) is 0 Å². The molecule has 1 atom stereocenters. The molecule has 0 amide bonds. The molecule has 1 aliphatic heterocycles. The van der Waals surface area contributed by atoms with Crippen LogP contribution in [0.2, 0.25) is 5.02 Å². The van der Waals surface area contributed by atoms with Gasteiger partial charge in [-0.2, -0.15) is 4.98 Å². The zero-order valence-corrected chi connectivity index (χ0v) is 14.1. The Balaban J connectivity index is 1.92. The molecule has 5 nitrogen and oxygen atoms in total. The molecule has 2 aliphatic rings. The highest BCUT2D eigenvalue weighted by Crippen LogP contribution is 2.40. The van der Waals surface area contributed by atoms with E-state index in [0.29, 0.717) is 22.5 Å². The first-order valence-electron chi connectivity index (χ1n) is 7.46. The third-order valence-electron chi connectivity index (χ3n) is 4.20. The molecule has 0 unspecified atom stereocenters. The second-order valence-corrected chi connectivity index (χ2v) is 6.83. The van der Waals surface area contributed by atoms with Gasteiger partial charge in [0.25, 0.3) is 0 Å². The number of ketones is 1. The number of fused-ring (bicyclic) bond motifs is 1. The Kier molecular flexibility index (Phi) is 3.66. The maximum absolute atomic E-state index is 12.6. The number of halogens is 1. The van der Waals surface area contributed by atoms with Gasteiger partial charge in [0.15, 0.2) is 5.78 Å². The summed E-state index contributed by atoms with van der Waals surface area (Å²) < 4.78 is 1.81. The lowest BCUT2D eigenvalue weighted by Gasteiger charge is -2.32. The predicted octanol–water partition coefficient (Wildman–Crippen LogP) is 3.68. The molecular formula is C16H15ClN4OS. The molecule has 7 heteroatoms. The Labute approximate surface area is 143 Å². The predicted molar refractivity (Wildman–Crippen MR) is 90.9 cm³/mol. The van der Waals surface area contributed by atoms with Gasteiger partial charge < -0.3 is 5.32 Å². The number of hydrogen-bond acceptors (Lipinski definition) is 5. The molecule has 1 aliphatic carbocycles. The van der Waals surface area contributed by atoms with E-state index in [1.165, 1.54) is 11.8 Å². The van der Waals surface area contributed by atoms with Crippen LogP contribution in [0.5, 0.6) is 0 Å². The van der Waals surface area contributed by atoms with Crippen LogP contribution < -0.4 is 5.32 Å². The summed E-state index contributed by atoms with van der Waals surface area (Å²) in [6.45, 7) is 0. The largest absolute Gasteiger partial charge is 0.328 e. The number of benzene rings is 1. The Morgan fingerprint density at radius 3 is 3.04 bits per heavy atom. The first kappa shape index (κ1) is 14.8. The van der Waals surface area contributed by atoms with Crippen molar-refractivity contribution < 1.29 is 4.79 Å². The van der Waals surface area contributed by atoms with E-state index in [0.717, 1.165) is 29.7 Å². The lowest BCUT2D eigenvalue weighted by atomic mass is 9.85. The van der Waals surface area contributed by atoms with E-state index >= 15 is 0 Å². The van der Waals surface area contributed by atoms with Crippen LogP contribution in [-0.4, -0.2) is 26.8 Å². The van der Waals surface area contributed by atoms with E-state index in [9.17, 15) is 4.79 Å². The maximum atomic E-state index is 12.6. The summed E-state index contributed by atoms with van der Waals surface area (Å²) in [6, 6.07) is 7.35. The van der Waals surface area contributed by atoms with Crippen LogP contribution in [0.3, 0.4) is 0 Å². The number of Topliss-reactive ketones (excluding diaryl/α,β-unsaturated/α-hetero) is 1. The van der Waals surface area contributed by atoms with E-state index in [1.807, 2.05) is 30.5 Å². The van der Waals surface area contributed by atoms with E-state index in [-0.39, 0.29) is 11.8 Å². The molecule has 0 bridgehead atoms. The number of carbonyl (C=O) groups is 1. The number of allylic oxidation sites excluding steroid dienone is 2. The fraction of sp³-hybridized carbons (Fsp3) is 0.312. The zero-order valence-electron chi connectivity index (χ0n) is 12.5. The fourth-order valence-corrected chi connectivity index (χ4v) is 3.75. The van der Waals surface area contributed by atoms with Crippen LogP contribution in [0.4, 0.5) is 5.95 Å². The van der Waals surface area contributed by atoms with E-state index in [1.54, 1.807) is 4.68 Å². The summed E-state index contributed by atoms with van der Waals surface area (Å²) in [6.07, 6.45) is 4.25. The monoisotopic (exact) mass is 346 g/mol.